The zero-order valence-electron chi connectivity index (χ0n) is 11.4. The van der Waals surface area contributed by atoms with E-state index >= 15 is 0 Å². The molecule has 106 valence electrons. The molecule has 20 heavy (non-hydrogen) atoms. The zero-order chi connectivity index (χ0) is 14.3. The van der Waals surface area contributed by atoms with E-state index in [2.05, 4.69) is 21.2 Å². The van der Waals surface area contributed by atoms with Crippen LogP contribution >= 0.6 is 15.9 Å². The summed E-state index contributed by atoms with van der Waals surface area (Å²) in [5.41, 5.74) is 1.70. The van der Waals surface area contributed by atoms with Gasteiger partial charge in [0, 0.05) is 29.4 Å². The maximum absolute atomic E-state index is 12.4. The maximum Gasteiger partial charge on any atom is 0.235 e. The Kier molecular flexibility index (Phi) is 3.65. The molecule has 2 fully saturated rings. The Balaban J connectivity index is 1.94. The van der Waals surface area contributed by atoms with Gasteiger partial charge in [0.1, 0.15) is 0 Å². The number of anilines is 1. The quantitative estimate of drug-likeness (QED) is 0.801. The summed E-state index contributed by atoms with van der Waals surface area (Å²) in [5.74, 6) is -0.204. The Morgan fingerprint density at radius 1 is 1.15 bits per heavy atom. The van der Waals surface area contributed by atoms with E-state index < -0.39 is 0 Å². The Bertz CT molecular complexity index is 549. The number of halogens is 1. The number of fused-ring (bicyclic) bond motifs is 2. The van der Waals surface area contributed by atoms with E-state index in [0.717, 1.165) is 22.9 Å². The maximum atomic E-state index is 12.4. The van der Waals surface area contributed by atoms with Gasteiger partial charge in [-0.3, -0.25) is 14.5 Å². The van der Waals surface area contributed by atoms with Gasteiger partial charge in [0.15, 0.2) is 0 Å². The van der Waals surface area contributed by atoms with Crippen LogP contribution in [-0.4, -0.2) is 23.9 Å². The van der Waals surface area contributed by atoms with E-state index in [0.29, 0.717) is 18.5 Å². The molecule has 2 atom stereocenters. The molecule has 2 heterocycles. The van der Waals surface area contributed by atoms with E-state index in [1.807, 2.05) is 25.1 Å². The fraction of sp³-hybridized carbons (Fsp3) is 0.467. The van der Waals surface area contributed by atoms with Crippen LogP contribution in [0.25, 0.3) is 0 Å². The average molecular weight is 337 g/mol. The number of hydrogen-bond acceptors (Lipinski definition) is 3. The number of nitrogens with one attached hydrogen (secondary N) is 1. The molecule has 0 spiro atoms. The molecule has 0 aliphatic carbocycles. The minimum Gasteiger partial charge on any atom is -0.310 e. The van der Waals surface area contributed by atoms with Crippen molar-refractivity contribution in [2.75, 3.05) is 4.90 Å². The lowest BCUT2D eigenvalue weighted by Gasteiger charge is -2.27. The number of carbonyl (C=O) groups excluding carboxylic acids is 2. The van der Waals surface area contributed by atoms with Crippen LogP contribution in [0, 0.1) is 6.92 Å². The lowest BCUT2D eigenvalue weighted by molar-refractivity contribution is -0.127. The van der Waals surface area contributed by atoms with Gasteiger partial charge in [-0.05, 0) is 43.5 Å². The van der Waals surface area contributed by atoms with Gasteiger partial charge in [0.2, 0.25) is 11.8 Å². The molecular weight excluding hydrogens is 320 g/mol. The normalized spacial score (nSPS) is 26.6. The zero-order valence-corrected chi connectivity index (χ0v) is 12.9. The fourth-order valence-electron chi connectivity index (χ4n) is 3.02. The number of benzene rings is 1. The minimum absolute atomic E-state index is 0.102. The van der Waals surface area contributed by atoms with Gasteiger partial charge in [0.25, 0.3) is 0 Å². The second-order valence-corrected chi connectivity index (χ2v) is 6.46. The third-order valence-corrected chi connectivity index (χ3v) is 4.97. The first-order chi connectivity index (χ1) is 9.54. The van der Waals surface area contributed by atoms with Crippen molar-refractivity contribution in [1.29, 1.82) is 0 Å². The average Bonchev–Trinajstić information content (AvgIpc) is 2.81. The molecule has 2 saturated heterocycles. The molecule has 5 heteroatoms. The summed E-state index contributed by atoms with van der Waals surface area (Å²) < 4.78 is 0.981. The van der Waals surface area contributed by atoms with Gasteiger partial charge in [0.05, 0.1) is 5.69 Å². The van der Waals surface area contributed by atoms with E-state index in [9.17, 15) is 9.59 Å². The van der Waals surface area contributed by atoms with Crippen molar-refractivity contribution in [2.45, 2.75) is 44.7 Å². The molecule has 3 rings (SSSR count). The first kappa shape index (κ1) is 13.8. The SMILES string of the molecule is Cc1cc(N2C(=O)CC3CCC(CC2=O)N3)ccc1Br. The van der Waals surface area contributed by atoms with Gasteiger partial charge >= 0.3 is 0 Å². The summed E-state index contributed by atoms with van der Waals surface area (Å²) in [6.07, 6.45) is 2.77. The van der Waals surface area contributed by atoms with Crippen LogP contribution in [0.1, 0.15) is 31.2 Å². The van der Waals surface area contributed by atoms with Crippen molar-refractivity contribution in [3.05, 3.63) is 28.2 Å². The van der Waals surface area contributed by atoms with E-state index in [4.69, 9.17) is 0 Å². The van der Waals surface area contributed by atoms with Crippen molar-refractivity contribution in [3.8, 4) is 0 Å². The van der Waals surface area contributed by atoms with Gasteiger partial charge in [-0.1, -0.05) is 15.9 Å². The summed E-state index contributed by atoms with van der Waals surface area (Å²) in [6.45, 7) is 1.96. The topological polar surface area (TPSA) is 49.4 Å². The highest BCUT2D eigenvalue weighted by Gasteiger charge is 2.35. The summed E-state index contributed by atoms with van der Waals surface area (Å²) in [7, 11) is 0. The summed E-state index contributed by atoms with van der Waals surface area (Å²) in [4.78, 5) is 26.2. The van der Waals surface area contributed by atoms with Crippen molar-refractivity contribution in [2.24, 2.45) is 0 Å². The number of carbonyl (C=O) groups is 2. The molecule has 2 bridgehead atoms. The highest BCUT2D eigenvalue weighted by atomic mass is 79.9. The molecule has 1 N–H and O–H groups in total. The summed E-state index contributed by atoms with van der Waals surface area (Å²) in [5, 5.41) is 3.37. The van der Waals surface area contributed by atoms with Crippen LogP contribution in [0.4, 0.5) is 5.69 Å². The second-order valence-electron chi connectivity index (χ2n) is 5.60. The number of imide groups is 1. The summed E-state index contributed by atoms with van der Waals surface area (Å²) in [6, 6.07) is 6.04. The van der Waals surface area contributed by atoms with Crippen molar-refractivity contribution in [3.63, 3.8) is 0 Å². The molecule has 2 unspecified atom stereocenters. The van der Waals surface area contributed by atoms with Crippen LogP contribution in [0.5, 0.6) is 0 Å². The van der Waals surface area contributed by atoms with Crippen molar-refractivity contribution < 1.29 is 9.59 Å². The van der Waals surface area contributed by atoms with Gasteiger partial charge in [-0.2, -0.15) is 0 Å². The Morgan fingerprint density at radius 3 is 2.30 bits per heavy atom. The van der Waals surface area contributed by atoms with E-state index in [1.54, 1.807) is 0 Å². The first-order valence-electron chi connectivity index (χ1n) is 6.92. The standard InChI is InChI=1S/C15H17BrN2O2/c1-9-6-12(4-5-13(9)16)18-14(19)7-10-2-3-11(17-10)8-15(18)20/h4-6,10-11,17H,2-3,7-8H2,1H3. The molecule has 2 amide bonds. The molecule has 0 saturated carbocycles. The number of nitrogens with zero attached hydrogens (tertiary/aromatic N) is 1. The summed E-state index contributed by atoms with van der Waals surface area (Å²) >= 11 is 3.44. The molecule has 0 aromatic heterocycles. The van der Waals surface area contributed by atoms with Crippen LogP contribution in [0.3, 0.4) is 0 Å². The Labute approximate surface area is 126 Å². The lowest BCUT2D eigenvalue weighted by Crippen LogP contribution is -2.46. The predicted molar refractivity (Wildman–Crippen MR) is 80.6 cm³/mol. The smallest absolute Gasteiger partial charge is 0.235 e. The fourth-order valence-corrected chi connectivity index (χ4v) is 3.27. The lowest BCUT2D eigenvalue weighted by atomic mass is 10.1. The Morgan fingerprint density at radius 2 is 1.75 bits per heavy atom. The highest BCUT2D eigenvalue weighted by Crippen LogP contribution is 2.28. The number of aryl methyl sites for hydroxylation is 1. The number of amides is 2. The van der Waals surface area contributed by atoms with Crippen LogP contribution in [-0.2, 0) is 9.59 Å². The molecular formula is C15H17BrN2O2. The molecule has 0 radical (unpaired) electrons. The molecule has 2 aliphatic heterocycles. The first-order valence-corrected chi connectivity index (χ1v) is 7.72. The Hall–Kier alpha value is -1.20. The number of hydrogen-bond donors (Lipinski definition) is 1. The third kappa shape index (κ3) is 2.52. The van der Waals surface area contributed by atoms with Crippen molar-refractivity contribution in [1.82, 2.24) is 5.32 Å². The van der Waals surface area contributed by atoms with Gasteiger partial charge in [-0.25, -0.2) is 0 Å². The molecule has 4 nitrogen and oxygen atoms in total. The monoisotopic (exact) mass is 336 g/mol. The van der Waals surface area contributed by atoms with Crippen molar-refractivity contribution >= 4 is 33.4 Å². The van der Waals surface area contributed by atoms with Crippen LogP contribution in [0.2, 0.25) is 0 Å². The van der Waals surface area contributed by atoms with Crippen LogP contribution in [0.15, 0.2) is 22.7 Å². The predicted octanol–water partition coefficient (Wildman–Crippen LogP) is 2.53. The van der Waals surface area contributed by atoms with E-state index in [1.165, 1.54) is 4.90 Å². The largest absolute Gasteiger partial charge is 0.310 e. The minimum atomic E-state index is -0.102. The highest BCUT2D eigenvalue weighted by molar-refractivity contribution is 9.10. The second kappa shape index (κ2) is 5.30. The third-order valence-electron chi connectivity index (χ3n) is 4.08. The van der Waals surface area contributed by atoms with Gasteiger partial charge < -0.3 is 5.32 Å². The molecule has 1 aromatic rings. The number of rotatable bonds is 1. The van der Waals surface area contributed by atoms with Crippen LogP contribution < -0.4 is 10.2 Å². The molecule has 1 aromatic carbocycles. The van der Waals surface area contributed by atoms with E-state index in [-0.39, 0.29) is 23.9 Å². The van der Waals surface area contributed by atoms with Gasteiger partial charge in [-0.15, -0.1) is 0 Å². The molecule has 2 aliphatic rings.